The Morgan fingerprint density at radius 2 is 2.00 bits per heavy atom. The molecule has 0 aliphatic rings. The Kier molecular flexibility index (Phi) is 4.29. The zero-order valence-electron chi connectivity index (χ0n) is 13.0. The molecule has 7 heteroatoms. The van der Waals surface area contributed by atoms with Gasteiger partial charge in [-0.05, 0) is 19.1 Å². The fourth-order valence-electron chi connectivity index (χ4n) is 2.26. The topological polar surface area (TPSA) is 81.9 Å². The fourth-order valence-corrected chi connectivity index (χ4v) is 2.26. The van der Waals surface area contributed by atoms with E-state index in [1.54, 1.807) is 24.8 Å². The maximum atomic E-state index is 12.3. The number of rotatable bonds is 5. The largest absolute Gasteiger partial charge is 0.383 e. The number of methoxy groups -OCH3 is 1. The predicted molar refractivity (Wildman–Crippen MR) is 87.9 cm³/mol. The van der Waals surface area contributed by atoms with Gasteiger partial charge in [-0.1, -0.05) is 18.2 Å². The summed E-state index contributed by atoms with van der Waals surface area (Å²) in [5.74, 6) is 0.417. The molecule has 0 atom stereocenters. The first kappa shape index (κ1) is 15.1. The van der Waals surface area contributed by atoms with Crippen LogP contribution in [-0.2, 0) is 11.3 Å². The zero-order valence-corrected chi connectivity index (χ0v) is 13.0. The van der Waals surface area contributed by atoms with Gasteiger partial charge >= 0.3 is 0 Å². The molecule has 0 spiro atoms. The third kappa shape index (κ3) is 3.19. The summed E-state index contributed by atoms with van der Waals surface area (Å²) in [5, 5.41) is 3.12. The Hall–Kier alpha value is -2.80. The average Bonchev–Trinajstić information content (AvgIpc) is 2.57. The van der Waals surface area contributed by atoms with Crippen LogP contribution in [0.25, 0.3) is 11.2 Å². The summed E-state index contributed by atoms with van der Waals surface area (Å²) < 4.78 is 6.64. The number of hydrogen-bond donors (Lipinski definition) is 1. The van der Waals surface area contributed by atoms with E-state index in [9.17, 15) is 4.79 Å². The van der Waals surface area contributed by atoms with E-state index in [1.807, 2.05) is 30.3 Å². The Morgan fingerprint density at radius 3 is 2.74 bits per heavy atom. The maximum Gasteiger partial charge on any atom is 0.273 e. The number of anilines is 2. The molecule has 3 rings (SSSR count). The van der Waals surface area contributed by atoms with E-state index in [-0.39, 0.29) is 5.56 Å². The molecule has 0 fully saturated rings. The van der Waals surface area contributed by atoms with E-state index in [2.05, 4.69) is 20.3 Å². The summed E-state index contributed by atoms with van der Waals surface area (Å²) in [5.41, 5.74) is 2.19. The molecule has 1 N–H and O–H groups in total. The quantitative estimate of drug-likeness (QED) is 0.775. The average molecular weight is 311 g/mol. The smallest absolute Gasteiger partial charge is 0.273 e. The van der Waals surface area contributed by atoms with Crippen LogP contribution in [0, 0.1) is 6.92 Å². The second kappa shape index (κ2) is 6.53. The standard InChI is InChI=1S/C16H17N5O2/c1-11-15(22)21(8-9-23-2)14-13(18-11)10-17-16(20-14)19-12-6-4-3-5-7-12/h3-7,10H,8-9H2,1-2H3,(H,17,19,20). The summed E-state index contributed by atoms with van der Waals surface area (Å²) in [6, 6.07) is 9.60. The first-order valence-corrected chi connectivity index (χ1v) is 7.24. The number of aryl methyl sites for hydroxylation is 1. The second-order valence-corrected chi connectivity index (χ2v) is 5.04. The van der Waals surface area contributed by atoms with E-state index in [0.717, 1.165) is 5.69 Å². The minimum absolute atomic E-state index is 0.168. The van der Waals surface area contributed by atoms with Gasteiger partial charge in [-0.3, -0.25) is 9.36 Å². The van der Waals surface area contributed by atoms with E-state index in [1.165, 1.54) is 0 Å². The van der Waals surface area contributed by atoms with Crippen molar-refractivity contribution >= 4 is 22.8 Å². The maximum absolute atomic E-state index is 12.3. The number of aromatic nitrogens is 4. The molecule has 0 radical (unpaired) electrons. The highest BCUT2D eigenvalue weighted by atomic mass is 16.5. The highest BCUT2D eigenvalue weighted by Crippen LogP contribution is 2.14. The molecule has 0 bridgehead atoms. The SMILES string of the molecule is COCCn1c(=O)c(C)nc2cnc(Nc3ccccc3)nc21. The van der Waals surface area contributed by atoms with Crippen molar-refractivity contribution in [3.63, 3.8) is 0 Å². The molecule has 1 aromatic carbocycles. The van der Waals surface area contributed by atoms with Crippen molar-refractivity contribution in [1.82, 2.24) is 19.5 Å². The molecule has 23 heavy (non-hydrogen) atoms. The van der Waals surface area contributed by atoms with E-state index in [0.29, 0.717) is 36.0 Å². The van der Waals surface area contributed by atoms with Crippen molar-refractivity contribution in [3.8, 4) is 0 Å². The van der Waals surface area contributed by atoms with Crippen molar-refractivity contribution in [1.29, 1.82) is 0 Å². The molecule has 2 aromatic heterocycles. The number of benzene rings is 1. The van der Waals surface area contributed by atoms with Gasteiger partial charge in [0, 0.05) is 12.8 Å². The predicted octanol–water partition coefficient (Wildman–Crippen LogP) is 1.88. The Bertz CT molecular complexity index is 877. The minimum atomic E-state index is -0.168. The molecular formula is C16H17N5O2. The molecule has 0 unspecified atom stereocenters. The lowest BCUT2D eigenvalue weighted by Crippen LogP contribution is -2.26. The second-order valence-electron chi connectivity index (χ2n) is 5.04. The number of para-hydroxylation sites is 1. The van der Waals surface area contributed by atoms with Gasteiger partial charge in [0.15, 0.2) is 5.65 Å². The lowest BCUT2D eigenvalue weighted by Gasteiger charge is -2.11. The van der Waals surface area contributed by atoms with Crippen LogP contribution >= 0.6 is 0 Å². The van der Waals surface area contributed by atoms with Gasteiger partial charge in [-0.15, -0.1) is 0 Å². The first-order valence-electron chi connectivity index (χ1n) is 7.24. The van der Waals surface area contributed by atoms with E-state index >= 15 is 0 Å². The minimum Gasteiger partial charge on any atom is -0.383 e. The molecule has 0 amide bonds. The third-order valence-corrected chi connectivity index (χ3v) is 3.40. The van der Waals surface area contributed by atoms with Gasteiger partial charge in [0.05, 0.1) is 19.3 Å². The summed E-state index contributed by atoms with van der Waals surface area (Å²) in [6.07, 6.45) is 1.61. The lowest BCUT2D eigenvalue weighted by molar-refractivity contribution is 0.187. The summed E-state index contributed by atoms with van der Waals surface area (Å²) >= 11 is 0. The van der Waals surface area contributed by atoms with Gasteiger partial charge < -0.3 is 10.1 Å². The zero-order chi connectivity index (χ0) is 16.2. The molecule has 0 aliphatic heterocycles. The van der Waals surface area contributed by atoms with E-state index < -0.39 is 0 Å². The van der Waals surface area contributed by atoms with Crippen LogP contribution in [0.4, 0.5) is 11.6 Å². The lowest BCUT2D eigenvalue weighted by atomic mass is 10.3. The van der Waals surface area contributed by atoms with Crippen LogP contribution in [0.15, 0.2) is 41.3 Å². The summed E-state index contributed by atoms with van der Waals surface area (Å²) in [6.45, 7) is 2.52. The Balaban J connectivity index is 2.06. The molecule has 0 saturated heterocycles. The molecular weight excluding hydrogens is 294 g/mol. The number of ether oxygens (including phenoxy) is 1. The molecule has 0 aliphatic carbocycles. The van der Waals surface area contributed by atoms with Crippen LogP contribution in [-0.4, -0.2) is 33.2 Å². The summed E-state index contributed by atoms with van der Waals surface area (Å²) in [7, 11) is 1.60. The molecule has 118 valence electrons. The number of fused-ring (bicyclic) bond motifs is 1. The van der Waals surface area contributed by atoms with Crippen LogP contribution in [0.2, 0.25) is 0 Å². The molecule has 3 aromatic rings. The Morgan fingerprint density at radius 1 is 1.22 bits per heavy atom. The normalized spacial score (nSPS) is 10.9. The van der Waals surface area contributed by atoms with Crippen LogP contribution in [0.1, 0.15) is 5.69 Å². The van der Waals surface area contributed by atoms with Crippen molar-refractivity contribution in [2.75, 3.05) is 19.0 Å². The monoisotopic (exact) mass is 311 g/mol. The number of nitrogens with one attached hydrogen (secondary N) is 1. The number of hydrogen-bond acceptors (Lipinski definition) is 6. The van der Waals surface area contributed by atoms with Gasteiger partial charge in [0.25, 0.3) is 5.56 Å². The molecule has 7 nitrogen and oxygen atoms in total. The van der Waals surface area contributed by atoms with Gasteiger partial charge in [-0.25, -0.2) is 9.97 Å². The van der Waals surface area contributed by atoms with Crippen LogP contribution in [0.5, 0.6) is 0 Å². The first-order chi connectivity index (χ1) is 11.2. The van der Waals surface area contributed by atoms with Crippen LogP contribution in [0.3, 0.4) is 0 Å². The molecule has 0 saturated carbocycles. The van der Waals surface area contributed by atoms with Crippen LogP contribution < -0.4 is 10.9 Å². The van der Waals surface area contributed by atoms with Crippen molar-refractivity contribution in [3.05, 3.63) is 52.6 Å². The van der Waals surface area contributed by atoms with Gasteiger partial charge in [0.2, 0.25) is 5.95 Å². The third-order valence-electron chi connectivity index (χ3n) is 3.40. The molecule has 2 heterocycles. The summed E-state index contributed by atoms with van der Waals surface area (Å²) in [4.78, 5) is 25.3. The van der Waals surface area contributed by atoms with E-state index in [4.69, 9.17) is 4.74 Å². The highest BCUT2D eigenvalue weighted by Gasteiger charge is 2.11. The van der Waals surface area contributed by atoms with Gasteiger partial charge in [0.1, 0.15) is 11.2 Å². The van der Waals surface area contributed by atoms with Gasteiger partial charge in [-0.2, -0.15) is 4.98 Å². The van der Waals surface area contributed by atoms with Crippen molar-refractivity contribution in [2.24, 2.45) is 0 Å². The van der Waals surface area contributed by atoms with Crippen molar-refractivity contribution < 1.29 is 4.74 Å². The number of nitrogens with zero attached hydrogens (tertiary/aromatic N) is 4. The fraction of sp³-hybridized carbons (Fsp3) is 0.250. The Labute approximate surface area is 133 Å². The highest BCUT2D eigenvalue weighted by molar-refractivity contribution is 5.71. The van der Waals surface area contributed by atoms with Crippen molar-refractivity contribution in [2.45, 2.75) is 13.5 Å².